The number of hydrazine groups is 1. The van der Waals surface area contributed by atoms with E-state index < -0.39 is 4.92 Å². The van der Waals surface area contributed by atoms with Crippen LogP contribution in [0.25, 0.3) is 0 Å². The van der Waals surface area contributed by atoms with Gasteiger partial charge in [-0.05, 0) is 18.1 Å². The minimum atomic E-state index is -0.465. The van der Waals surface area contributed by atoms with Crippen LogP contribution in [0.1, 0.15) is 11.1 Å². The van der Waals surface area contributed by atoms with Gasteiger partial charge in [0.15, 0.2) is 0 Å². The average Bonchev–Trinajstić information content (AvgIpc) is 2.49. The van der Waals surface area contributed by atoms with Crippen LogP contribution in [-0.4, -0.2) is 17.0 Å². The van der Waals surface area contributed by atoms with Crippen molar-refractivity contribution in [2.45, 2.75) is 13.5 Å². The number of aryl methyl sites for hydroxylation is 1. The molecule has 0 fully saturated rings. The fraction of sp³-hybridized carbons (Fsp3) is 0.214. The van der Waals surface area contributed by atoms with Crippen LogP contribution < -0.4 is 16.2 Å². The lowest BCUT2D eigenvalue weighted by Gasteiger charge is -2.19. The van der Waals surface area contributed by atoms with Crippen molar-refractivity contribution < 1.29 is 4.92 Å². The van der Waals surface area contributed by atoms with Crippen molar-refractivity contribution in [1.29, 1.82) is 0 Å². The van der Waals surface area contributed by atoms with Gasteiger partial charge < -0.3 is 10.3 Å². The molecule has 0 amide bonds. The predicted molar refractivity (Wildman–Crippen MR) is 82.0 cm³/mol. The summed E-state index contributed by atoms with van der Waals surface area (Å²) in [7, 11) is 1.83. The molecule has 1 aromatic heterocycles. The molecule has 1 aromatic carbocycles. The third kappa shape index (κ3) is 3.46. The molecule has 1 heterocycles. The van der Waals surface area contributed by atoms with Gasteiger partial charge in [0.25, 0.3) is 5.69 Å². The van der Waals surface area contributed by atoms with Crippen molar-refractivity contribution in [3.63, 3.8) is 0 Å². The van der Waals surface area contributed by atoms with Gasteiger partial charge in [-0.2, -0.15) is 0 Å². The van der Waals surface area contributed by atoms with Crippen molar-refractivity contribution in [2.75, 3.05) is 17.4 Å². The molecule has 0 unspecified atom stereocenters. The number of nitrogen functional groups attached to an aromatic ring is 1. The highest BCUT2D eigenvalue weighted by Gasteiger charge is 2.14. The van der Waals surface area contributed by atoms with Crippen LogP contribution >= 0.6 is 0 Å². The number of aromatic nitrogens is 1. The van der Waals surface area contributed by atoms with Crippen molar-refractivity contribution in [3.8, 4) is 0 Å². The second-order valence-electron chi connectivity index (χ2n) is 4.75. The largest absolute Gasteiger partial charge is 0.355 e. The van der Waals surface area contributed by atoms with E-state index in [1.165, 1.54) is 12.1 Å². The van der Waals surface area contributed by atoms with E-state index >= 15 is 0 Å². The number of benzene rings is 1. The quantitative estimate of drug-likeness (QED) is 0.497. The number of hydrogen-bond donors (Lipinski definition) is 2. The van der Waals surface area contributed by atoms with E-state index in [1.54, 1.807) is 0 Å². The number of hydrogen-bond acceptors (Lipinski definition) is 6. The maximum Gasteiger partial charge on any atom is 0.276 e. The van der Waals surface area contributed by atoms with E-state index in [1.807, 2.05) is 43.1 Å². The van der Waals surface area contributed by atoms with Crippen LogP contribution in [0.4, 0.5) is 17.3 Å². The van der Waals surface area contributed by atoms with Gasteiger partial charge in [0.1, 0.15) is 11.6 Å². The number of nitrogens with one attached hydrogen (secondary N) is 1. The number of anilines is 2. The van der Waals surface area contributed by atoms with E-state index in [9.17, 15) is 10.1 Å². The van der Waals surface area contributed by atoms with Crippen molar-refractivity contribution in [1.82, 2.24) is 4.98 Å². The molecule has 7 heteroatoms. The maximum atomic E-state index is 10.9. The van der Waals surface area contributed by atoms with Crippen LogP contribution in [0.2, 0.25) is 0 Å². The highest BCUT2D eigenvalue weighted by Crippen LogP contribution is 2.23. The second-order valence-corrected chi connectivity index (χ2v) is 4.75. The summed E-state index contributed by atoms with van der Waals surface area (Å²) >= 11 is 0. The molecule has 0 aliphatic carbocycles. The lowest BCUT2D eigenvalue weighted by Crippen LogP contribution is -2.19. The van der Waals surface area contributed by atoms with Crippen LogP contribution in [-0.2, 0) is 6.54 Å². The first-order valence-electron chi connectivity index (χ1n) is 6.40. The topological polar surface area (TPSA) is 97.3 Å². The third-order valence-electron chi connectivity index (χ3n) is 3.22. The van der Waals surface area contributed by atoms with E-state index in [0.717, 1.165) is 11.1 Å². The summed E-state index contributed by atoms with van der Waals surface area (Å²) in [6.07, 6.45) is 0. The molecule has 0 aliphatic heterocycles. The summed E-state index contributed by atoms with van der Waals surface area (Å²) in [6.45, 7) is 2.63. The van der Waals surface area contributed by atoms with Gasteiger partial charge in [0.05, 0.1) is 17.1 Å². The van der Waals surface area contributed by atoms with E-state index in [4.69, 9.17) is 5.84 Å². The Morgan fingerprint density at radius 2 is 2.10 bits per heavy atom. The lowest BCUT2D eigenvalue weighted by atomic mass is 10.1. The standard InChI is InChI=1S/C14H17N5O2/c1-10-5-3-4-6-11(10)9-18(2)14-8-12(19(20)21)7-13(16-14)17-15/h3-8H,9,15H2,1-2H3,(H,16,17). The third-order valence-corrected chi connectivity index (χ3v) is 3.22. The SMILES string of the molecule is Cc1ccccc1CN(C)c1cc([N+](=O)[O-])cc(NN)n1. The molecule has 2 rings (SSSR count). The van der Waals surface area contributed by atoms with Crippen LogP contribution in [0, 0.1) is 17.0 Å². The molecule has 21 heavy (non-hydrogen) atoms. The summed E-state index contributed by atoms with van der Waals surface area (Å²) in [4.78, 5) is 16.6. The van der Waals surface area contributed by atoms with Crippen molar-refractivity contribution in [3.05, 3.63) is 57.6 Å². The second kappa shape index (κ2) is 6.19. The van der Waals surface area contributed by atoms with Gasteiger partial charge in [0, 0.05) is 13.6 Å². The molecule has 0 aliphatic rings. The Labute approximate surface area is 122 Å². The highest BCUT2D eigenvalue weighted by atomic mass is 16.6. The molecule has 0 atom stereocenters. The number of nitro groups is 1. The number of pyridine rings is 1. The van der Waals surface area contributed by atoms with Crippen LogP contribution in [0.15, 0.2) is 36.4 Å². The zero-order valence-electron chi connectivity index (χ0n) is 11.9. The minimum absolute atomic E-state index is 0.0513. The van der Waals surface area contributed by atoms with Crippen LogP contribution in [0.5, 0.6) is 0 Å². The maximum absolute atomic E-state index is 10.9. The first kappa shape index (κ1) is 14.7. The van der Waals surface area contributed by atoms with Crippen molar-refractivity contribution >= 4 is 17.3 Å². The first-order valence-corrected chi connectivity index (χ1v) is 6.40. The Hall–Kier alpha value is -2.67. The summed E-state index contributed by atoms with van der Waals surface area (Å²) in [6, 6.07) is 10.7. The van der Waals surface area contributed by atoms with Gasteiger partial charge in [-0.25, -0.2) is 10.8 Å². The number of nitrogens with two attached hydrogens (primary N) is 1. The van der Waals surface area contributed by atoms with Gasteiger partial charge in [0.2, 0.25) is 0 Å². The normalized spacial score (nSPS) is 10.2. The minimum Gasteiger partial charge on any atom is -0.355 e. The van der Waals surface area contributed by atoms with Gasteiger partial charge >= 0.3 is 0 Å². The van der Waals surface area contributed by atoms with Gasteiger partial charge in [-0.15, -0.1) is 0 Å². The van der Waals surface area contributed by atoms with Crippen molar-refractivity contribution in [2.24, 2.45) is 5.84 Å². The predicted octanol–water partition coefficient (Wildman–Crippen LogP) is 2.22. The van der Waals surface area contributed by atoms with E-state index in [2.05, 4.69) is 10.4 Å². The zero-order valence-corrected chi connectivity index (χ0v) is 11.9. The molecule has 0 saturated carbocycles. The molecule has 0 spiro atoms. The molecular formula is C14H17N5O2. The molecule has 3 N–H and O–H groups in total. The van der Waals surface area contributed by atoms with Gasteiger partial charge in [-0.1, -0.05) is 24.3 Å². The zero-order chi connectivity index (χ0) is 15.4. The Kier molecular flexibility index (Phi) is 4.34. The summed E-state index contributed by atoms with van der Waals surface area (Å²) < 4.78 is 0. The number of nitrogens with zero attached hydrogens (tertiary/aromatic N) is 3. The molecule has 7 nitrogen and oxygen atoms in total. The molecule has 0 saturated heterocycles. The fourth-order valence-electron chi connectivity index (χ4n) is 2.00. The lowest BCUT2D eigenvalue weighted by molar-refractivity contribution is -0.384. The smallest absolute Gasteiger partial charge is 0.276 e. The van der Waals surface area contributed by atoms with Crippen LogP contribution in [0.3, 0.4) is 0 Å². The first-order chi connectivity index (χ1) is 10.0. The highest BCUT2D eigenvalue weighted by molar-refractivity contribution is 5.55. The van der Waals surface area contributed by atoms with Gasteiger partial charge in [-0.3, -0.25) is 10.1 Å². The Bertz CT molecular complexity index is 660. The van der Waals surface area contributed by atoms with E-state index in [-0.39, 0.29) is 11.5 Å². The van der Waals surface area contributed by atoms with E-state index in [0.29, 0.717) is 12.4 Å². The monoisotopic (exact) mass is 287 g/mol. The fourth-order valence-corrected chi connectivity index (χ4v) is 2.00. The average molecular weight is 287 g/mol. The molecule has 110 valence electrons. The summed E-state index contributed by atoms with van der Waals surface area (Å²) in [5.41, 5.74) is 4.59. The molecular weight excluding hydrogens is 270 g/mol. The molecule has 0 radical (unpaired) electrons. The number of rotatable bonds is 5. The summed E-state index contributed by atoms with van der Waals surface area (Å²) in [5, 5.41) is 10.9. The Balaban J connectivity index is 2.30. The molecule has 0 bridgehead atoms. The molecule has 2 aromatic rings. The summed E-state index contributed by atoms with van der Waals surface area (Å²) in [5.74, 6) is 6.06. The Morgan fingerprint density at radius 1 is 1.38 bits per heavy atom. The Morgan fingerprint density at radius 3 is 2.71 bits per heavy atom.